The molecule has 0 aliphatic heterocycles. The Morgan fingerprint density at radius 3 is 2.44 bits per heavy atom. The van der Waals surface area contributed by atoms with E-state index in [9.17, 15) is 14.4 Å². The van der Waals surface area contributed by atoms with Crippen molar-refractivity contribution >= 4 is 51.9 Å². The Hall–Kier alpha value is -5.33. The van der Waals surface area contributed by atoms with E-state index in [0.717, 1.165) is 0 Å². The highest BCUT2D eigenvalue weighted by Gasteiger charge is 2.21. The third-order valence-electron chi connectivity index (χ3n) is 6.54. The largest absolute Gasteiger partial charge is 0.382 e. The summed E-state index contributed by atoms with van der Waals surface area (Å²) in [4.78, 5) is 55.4. The molecule has 12 nitrogen and oxygen atoms in total. The molecule has 0 bridgehead atoms. The zero-order chi connectivity index (χ0) is 30.7. The van der Waals surface area contributed by atoms with Crippen molar-refractivity contribution in [1.29, 1.82) is 0 Å². The number of anilines is 3. The minimum Gasteiger partial charge on any atom is -0.382 e. The summed E-state index contributed by atoms with van der Waals surface area (Å²) in [5.74, 6) is -0.143. The van der Waals surface area contributed by atoms with Gasteiger partial charge in [0, 0.05) is 37.1 Å². The molecule has 5 rings (SSSR count). The number of rotatable bonds is 8. The Kier molecular flexibility index (Phi) is 8.32. The standard InChI is InChI=1S/C30H28ClN9O3/c1-37(2)15-5-8-25(41)38(3)22-6-4-7-23(16-22)40-28-26(27(32)34-18-35-28)39(30(40)43)21-12-9-19(10-13-21)29(42)36-24-14-11-20(31)17-33-24/h4-14,16-18H,15H2,1-3H3,(H2,32,34,35)(H,33,36,42). The lowest BCUT2D eigenvalue weighted by Gasteiger charge is -2.16. The Labute approximate surface area is 251 Å². The molecule has 2 amide bonds. The summed E-state index contributed by atoms with van der Waals surface area (Å²) >= 11 is 5.86. The first-order chi connectivity index (χ1) is 20.6. The fourth-order valence-corrected chi connectivity index (χ4v) is 4.48. The normalized spacial score (nSPS) is 11.4. The highest BCUT2D eigenvalue weighted by atomic mass is 35.5. The number of pyridine rings is 1. The van der Waals surface area contributed by atoms with Crippen LogP contribution >= 0.6 is 11.6 Å². The number of fused-ring (bicyclic) bond motifs is 1. The monoisotopic (exact) mass is 597 g/mol. The van der Waals surface area contributed by atoms with Crippen LogP contribution in [0.15, 0.2) is 90.1 Å². The quantitative estimate of drug-likeness (QED) is 0.259. The van der Waals surface area contributed by atoms with Gasteiger partial charge in [-0.05, 0) is 68.7 Å². The average Bonchev–Trinajstić information content (AvgIpc) is 3.30. The number of hydrogen-bond acceptors (Lipinski definition) is 8. The Morgan fingerprint density at radius 2 is 1.74 bits per heavy atom. The predicted octanol–water partition coefficient (Wildman–Crippen LogP) is 3.53. The summed E-state index contributed by atoms with van der Waals surface area (Å²) in [7, 11) is 5.49. The van der Waals surface area contributed by atoms with Crippen LogP contribution in [0, 0.1) is 0 Å². The van der Waals surface area contributed by atoms with Gasteiger partial charge in [0.05, 0.1) is 16.4 Å². The van der Waals surface area contributed by atoms with Crippen LogP contribution in [0.3, 0.4) is 0 Å². The molecule has 3 aromatic heterocycles. The molecule has 3 heterocycles. The highest BCUT2D eigenvalue weighted by Crippen LogP contribution is 2.25. The van der Waals surface area contributed by atoms with Crippen LogP contribution in [0.5, 0.6) is 0 Å². The molecule has 218 valence electrons. The molecular formula is C30H28ClN9O3. The van der Waals surface area contributed by atoms with E-state index in [1.54, 1.807) is 73.8 Å². The van der Waals surface area contributed by atoms with Gasteiger partial charge < -0.3 is 20.9 Å². The first kappa shape index (κ1) is 29.2. The van der Waals surface area contributed by atoms with Gasteiger partial charge in [-0.1, -0.05) is 23.7 Å². The number of imidazole rings is 1. The third-order valence-corrected chi connectivity index (χ3v) is 6.77. The molecule has 5 aromatic rings. The molecule has 0 unspecified atom stereocenters. The van der Waals surface area contributed by atoms with Crippen LogP contribution in [0.25, 0.3) is 22.5 Å². The van der Waals surface area contributed by atoms with Crippen LogP contribution in [0.1, 0.15) is 10.4 Å². The second-order valence-electron chi connectivity index (χ2n) is 9.83. The van der Waals surface area contributed by atoms with Crippen molar-refractivity contribution in [2.75, 3.05) is 43.6 Å². The number of nitrogens with two attached hydrogens (primary N) is 1. The number of aromatic nitrogens is 5. The smallest absolute Gasteiger partial charge is 0.339 e. The van der Waals surface area contributed by atoms with Gasteiger partial charge in [0.1, 0.15) is 17.7 Å². The number of nitrogen functional groups attached to an aromatic ring is 1. The summed E-state index contributed by atoms with van der Waals surface area (Å²) in [5.41, 5.74) is 8.23. The summed E-state index contributed by atoms with van der Waals surface area (Å²) < 4.78 is 2.79. The van der Waals surface area contributed by atoms with Crippen LogP contribution in [0.2, 0.25) is 5.02 Å². The first-order valence-electron chi connectivity index (χ1n) is 13.1. The summed E-state index contributed by atoms with van der Waals surface area (Å²) in [6, 6.07) is 16.6. The molecule has 0 aliphatic carbocycles. The van der Waals surface area contributed by atoms with E-state index >= 15 is 0 Å². The van der Waals surface area contributed by atoms with Crippen LogP contribution < -0.4 is 21.6 Å². The van der Waals surface area contributed by atoms with E-state index < -0.39 is 5.69 Å². The maximum absolute atomic E-state index is 14.0. The molecule has 43 heavy (non-hydrogen) atoms. The molecule has 2 aromatic carbocycles. The molecule has 0 atom stereocenters. The van der Waals surface area contributed by atoms with Crippen molar-refractivity contribution < 1.29 is 9.59 Å². The number of carbonyl (C=O) groups is 2. The molecule has 0 aliphatic rings. The second-order valence-corrected chi connectivity index (χ2v) is 10.3. The number of nitrogens with one attached hydrogen (secondary N) is 1. The van der Waals surface area contributed by atoms with Gasteiger partial charge in [-0.2, -0.15) is 0 Å². The van der Waals surface area contributed by atoms with Crippen LogP contribution in [-0.2, 0) is 4.79 Å². The van der Waals surface area contributed by atoms with Crippen molar-refractivity contribution in [3.8, 4) is 11.4 Å². The lowest BCUT2D eigenvalue weighted by molar-refractivity contribution is -0.113. The van der Waals surface area contributed by atoms with Crippen molar-refractivity contribution in [3.63, 3.8) is 0 Å². The van der Waals surface area contributed by atoms with Gasteiger partial charge in [0.15, 0.2) is 11.5 Å². The fraction of sp³-hybridized carbons (Fsp3) is 0.133. The maximum atomic E-state index is 14.0. The van der Waals surface area contributed by atoms with E-state index in [0.29, 0.717) is 45.5 Å². The Balaban J connectivity index is 1.50. The van der Waals surface area contributed by atoms with E-state index in [1.165, 1.54) is 32.6 Å². The predicted molar refractivity (Wildman–Crippen MR) is 167 cm³/mol. The highest BCUT2D eigenvalue weighted by molar-refractivity contribution is 6.30. The van der Waals surface area contributed by atoms with Crippen LogP contribution in [-0.4, -0.2) is 68.5 Å². The number of carbonyl (C=O) groups excluding carboxylic acids is 2. The van der Waals surface area contributed by atoms with Crippen molar-refractivity contribution in [2.45, 2.75) is 0 Å². The Bertz CT molecular complexity index is 1900. The van der Waals surface area contributed by atoms with Gasteiger partial charge in [-0.25, -0.2) is 24.3 Å². The first-order valence-corrected chi connectivity index (χ1v) is 13.5. The van der Waals surface area contributed by atoms with E-state index in [1.807, 2.05) is 19.0 Å². The molecular weight excluding hydrogens is 570 g/mol. The summed E-state index contributed by atoms with van der Waals surface area (Å²) in [6.07, 6.45) is 6.01. The molecule has 3 N–H and O–H groups in total. The molecule has 0 radical (unpaired) electrons. The van der Waals surface area contributed by atoms with Gasteiger partial charge in [-0.3, -0.25) is 14.2 Å². The summed E-state index contributed by atoms with van der Waals surface area (Å²) in [6.45, 7) is 0.626. The average molecular weight is 598 g/mol. The number of likely N-dealkylation sites (N-methyl/N-ethyl adjacent to an activating group) is 2. The number of nitrogens with zero attached hydrogens (tertiary/aromatic N) is 7. The number of benzene rings is 2. The van der Waals surface area contributed by atoms with E-state index in [2.05, 4.69) is 20.3 Å². The van der Waals surface area contributed by atoms with Gasteiger partial charge in [-0.15, -0.1) is 0 Å². The lowest BCUT2D eigenvalue weighted by atomic mass is 10.2. The molecule has 0 spiro atoms. The van der Waals surface area contributed by atoms with Gasteiger partial charge in [0.25, 0.3) is 5.91 Å². The van der Waals surface area contributed by atoms with Gasteiger partial charge >= 0.3 is 5.69 Å². The van der Waals surface area contributed by atoms with E-state index in [-0.39, 0.29) is 23.3 Å². The molecule has 13 heteroatoms. The SMILES string of the molecule is CN(C)CC=CC(=O)N(C)c1cccc(-n2c(=O)n(-c3ccc(C(=O)Nc4ccc(Cl)cn4)cc3)c3c(N)ncnc32)c1. The fourth-order valence-electron chi connectivity index (χ4n) is 4.36. The molecule has 0 fully saturated rings. The van der Waals surface area contributed by atoms with Gasteiger partial charge in [0.2, 0.25) is 5.91 Å². The zero-order valence-electron chi connectivity index (χ0n) is 23.6. The number of hydrogen-bond donors (Lipinski definition) is 2. The topological polar surface area (TPSA) is 144 Å². The van der Waals surface area contributed by atoms with Crippen molar-refractivity contribution in [3.05, 3.63) is 106 Å². The van der Waals surface area contributed by atoms with Crippen molar-refractivity contribution in [2.24, 2.45) is 0 Å². The molecule has 0 saturated heterocycles. The maximum Gasteiger partial charge on any atom is 0.339 e. The molecule has 0 saturated carbocycles. The minimum atomic E-state index is -0.457. The Morgan fingerprint density at radius 1 is 0.977 bits per heavy atom. The second kappa shape index (κ2) is 12.3. The van der Waals surface area contributed by atoms with Crippen LogP contribution in [0.4, 0.5) is 17.3 Å². The summed E-state index contributed by atoms with van der Waals surface area (Å²) in [5, 5.41) is 3.16. The number of halogens is 1. The number of amides is 2. The third kappa shape index (κ3) is 6.15. The minimum absolute atomic E-state index is 0.103. The van der Waals surface area contributed by atoms with Crippen molar-refractivity contribution in [1.82, 2.24) is 29.0 Å². The lowest BCUT2D eigenvalue weighted by Crippen LogP contribution is -2.25. The zero-order valence-corrected chi connectivity index (χ0v) is 24.4. The van der Waals surface area contributed by atoms with E-state index in [4.69, 9.17) is 17.3 Å².